The van der Waals surface area contributed by atoms with E-state index in [0.29, 0.717) is 18.5 Å². The number of hydrogen-bond donors (Lipinski definition) is 3. The number of aromatic nitrogens is 2. The van der Waals surface area contributed by atoms with Crippen molar-refractivity contribution >= 4 is 11.7 Å². The zero-order valence-electron chi connectivity index (χ0n) is 11.2. The lowest BCUT2D eigenvalue weighted by atomic mass is 9.96. The molecule has 0 aliphatic heterocycles. The number of carbonyl (C=O) groups excluding carboxylic acids is 1. The van der Waals surface area contributed by atoms with E-state index in [0.717, 1.165) is 18.5 Å². The third-order valence-electron chi connectivity index (χ3n) is 3.64. The van der Waals surface area contributed by atoms with Crippen LogP contribution >= 0.6 is 0 Å². The molecule has 4 N–H and O–H groups in total. The Hall–Kier alpha value is -2.05. The minimum Gasteiger partial charge on any atom is -0.409 e. The Balaban J connectivity index is 2.23. The molecule has 1 heterocycles. The van der Waals surface area contributed by atoms with E-state index in [4.69, 9.17) is 10.9 Å². The number of carbonyl (C=O) groups is 1. The number of amides is 1. The van der Waals surface area contributed by atoms with E-state index in [1.165, 1.54) is 4.68 Å². The monoisotopic (exact) mass is 265 g/mol. The largest absolute Gasteiger partial charge is 0.409 e. The summed E-state index contributed by atoms with van der Waals surface area (Å²) in [5.41, 5.74) is 6.26. The van der Waals surface area contributed by atoms with Crippen LogP contribution in [0.5, 0.6) is 0 Å². The Bertz CT molecular complexity index is 514. The molecule has 1 saturated carbocycles. The summed E-state index contributed by atoms with van der Waals surface area (Å²) in [4.78, 5) is 12.3. The highest BCUT2D eigenvalue weighted by Crippen LogP contribution is 2.30. The molecule has 7 nitrogen and oxygen atoms in total. The van der Waals surface area contributed by atoms with Crippen molar-refractivity contribution in [2.75, 3.05) is 0 Å². The fraction of sp³-hybridized carbons (Fsp3) is 0.583. The number of nitrogens with one attached hydrogen (secondary N) is 1. The van der Waals surface area contributed by atoms with Crippen LogP contribution in [-0.4, -0.2) is 32.3 Å². The molecule has 1 amide bonds. The lowest BCUT2D eigenvalue weighted by Crippen LogP contribution is -2.56. The van der Waals surface area contributed by atoms with E-state index in [1.807, 2.05) is 6.92 Å². The van der Waals surface area contributed by atoms with Crippen LogP contribution in [0.2, 0.25) is 0 Å². The Morgan fingerprint density at radius 2 is 2.21 bits per heavy atom. The molecule has 1 aliphatic rings. The Morgan fingerprint density at radius 1 is 1.58 bits per heavy atom. The first-order valence-electron chi connectivity index (χ1n) is 6.30. The molecular weight excluding hydrogens is 246 g/mol. The second kappa shape index (κ2) is 4.91. The highest BCUT2D eigenvalue weighted by atomic mass is 16.4. The van der Waals surface area contributed by atoms with Gasteiger partial charge in [0.2, 0.25) is 0 Å². The normalized spacial score (nSPS) is 18.5. The van der Waals surface area contributed by atoms with Gasteiger partial charge in [-0.3, -0.25) is 9.48 Å². The van der Waals surface area contributed by atoms with Gasteiger partial charge in [-0.05, 0) is 25.8 Å². The van der Waals surface area contributed by atoms with E-state index < -0.39 is 5.54 Å². The number of aryl methyl sites for hydroxylation is 2. The smallest absolute Gasteiger partial charge is 0.270 e. The van der Waals surface area contributed by atoms with Crippen molar-refractivity contribution in [2.24, 2.45) is 17.9 Å². The molecule has 7 heteroatoms. The second-order valence-electron chi connectivity index (χ2n) is 5.02. The summed E-state index contributed by atoms with van der Waals surface area (Å²) >= 11 is 0. The van der Waals surface area contributed by atoms with Gasteiger partial charge in [0.05, 0.1) is 5.69 Å². The van der Waals surface area contributed by atoms with Gasteiger partial charge in [0, 0.05) is 7.05 Å². The van der Waals surface area contributed by atoms with Crippen molar-refractivity contribution in [3.05, 3.63) is 17.5 Å². The van der Waals surface area contributed by atoms with Crippen LogP contribution in [-0.2, 0) is 7.05 Å². The van der Waals surface area contributed by atoms with Crippen LogP contribution in [0.25, 0.3) is 0 Å². The van der Waals surface area contributed by atoms with Gasteiger partial charge in [-0.25, -0.2) is 0 Å². The standard InChI is InChI=1S/C12H19N5O2/c1-8-7-9(17(2)15-8)10(18)14-12(11(13)16-19)5-3-4-6-12/h7,19H,3-6H2,1-2H3,(H2,13,16)(H,14,18). The summed E-state index contributed by atoms with van der Waals surface area (Å²) in [5, 5.41) is 19.0. The van der Waals surface area contributed by atoms with Gasteiger partial charge in [-0.1, -0.05) is 18.0 Å². The van der Waals surface area contributed by atoms with Crippen molar-refractivity contribution in [1.29, 1.82) is 0 Å². The molecule has 19 heavy (non-hydrogen) atoms. The van der Waals surface area contributed by atoms with Crippen LogP contribution in [0.1, 0.15) is 41.9 Å². The Kier molecular flexibility index (Phi) is 3.46. The molecule has 0 atom stereocenters. The number of nitrogens with two attached hydrogens (primary N) is 1. The van der Waals surface area contributed by atoms with Crippen molar-refractivity contribution in [1.82, 2.24) is 15.1 Å². The third-order valence-corrected chi connectivity index (χ3v) is 3.64. The van der Waals surface area contributed by atoms with Crippen molar-refractivity contribution in [2.45, 2.75) is 38.1 Å². The maximum Gasteiger partial charge on any atom is 0.270 e. The molecular formula is C12H19N5O2. The first-order chi connectivity index (χ1) is 8.98. The number of nitrogens with zero attached hydrogens (tertiary/aromatic N) is 3. The van der Waals surface area contributed by atoms with E-state index >= 15 is 0 Å². The average Bonchev–Trinajstić information content (AvgIpc) is 2.96. The number of rotatable bonds is 3. The first kappa shape index (κ1) is 13.4. The Labute approximate surface area is 111 Å². The second-order valence-corrected chi connectivity index (χ2v) is 5.02. The van der Waals surface area contributed by atoms with Crippen molar-refractivity contribution < 1.29 is 10.0 Å². The molecule has 0 aromatic carbocycles. The summed E-state index contributed by atoms with van der Waals surface area (Å²) in [6.07, 6.45) is 3.26. The fourth-order valence-corrected chi connectivity index (χ4v) is 2.62. The van der Waals surface area contributed by atoms with Gasteiger partial charge < -0.3 is 16.3 Å². The topological polar surface area (TPSA) is 106 Å². The van der Waals surface area contributed by atoms with Crippen molar-refractivity contribution in [3.8, 4) is 0 Å². The molecule has 1 aliphatic carbocycles. The van der Waals surface area contributed by atoms with Gasteiger partial charge in [0.1, 0.15) is 11.2 Å². The predicted molar refractivity (Wildman–Crippen MR) is 70.0 cm³/mol. The molecule has 0 radical (unpaired) electrons. The Morgan fingerprint density at radius 3 is 2.68 bits per heavy atom. The van der Waals surface area contributed by atoms with Gasteiger partial charge in [0.25, 0.3) is 5.91 Å². The molecule has 1 fully saturated rings. The number of hydrogen-bond acceptors (Lipinski definition) is 4. The minimum atomic E-state index is -0.732. The maximum absolute atomic E-state index is 12.3. The molecule has 0 spiro atoms. The summed E-state index contributed by atoms with van der Waals surface area (Å²) in [7, 11) is 1.72. The van der Waals surface area contributed by atoms with E-state index in [-0.39, 0.29) is 11.7 Å². The predicted octanol–water partition coefficient (Wildman–Crippen LogP) is 0.518. The lowest BCUT2D eigenvalue weighted by Gasteiger charge is -2.28. The zero-order chi connectivity index (χ0) is 14.0. The van der Waals surface area contributed by atoms with E-state index in [9.17, 15) is 4.79 Å². The van der Waals surface area contributed by atoms with Crippen LogP contribution in [0.4, 0.5) is 0 Å². The quantitative estimate of drug-likeness (QED) is 0.320. The van der Waals surface area contributed by atoms with Crippen LogP contribution < -0.4 is 11.1 Å². The minimum absolute atomic E-state index is 0.0669. The summed E-state index contributed by atoms with van der Waals surface area (Å²) in [5.74, 6) is -0.186. The maximum atomic E-state index is 12.3. The fourth-order valence-electron chi connectivity index (χ4n) is 2.62. The van der Waals surface area contributed by atoms with Gasteiger partial charge in [0.15, 0.2) is 5.84 Å². The number of oxime groups is 1. The number of amidine groups is 1. The van der Waals surface area contributed by atoms with Gasteiger partial charge in [-0.2, -0.15) is 5.10 Å². The van der Waals surface area contributed by atoms with Crippen LogP contribution in [0.3, 0.4) is 0 Å². The third kappa shape index (κ3) is 2.40. The summed E-state index contributed by atoms with van der Waals surface area (Å²) in [6, 6.07) is 1.71. The molecule has 1 aromatic rings. The molecule has 2 rings (SSSR count). The lowest BCUT2D eigenvalue weighted by molar-refractivity contribution is 0.0913. The molecule has 0 unspecified atom stereocenters. The SMILES string of the molecule is Cc1cc(C(=O)NC2(C(N)=NO)CCCC2)n(C)n1. The van der Waals surface area contributed by atoms with E-state index in [1.54, 1.807) is 13.1 Å². The summed E-state index contributed by atoms with van der Waals surface area (Å²) < 4.78 is 1.53. The summed E-state index contributed by atoms with van der Waals surface area (Å²) in [6.45, 7) is 1.83. The van der Waals surface area contributed by atoms with Crippen LogP contribution in [0.15, 0.2) is 11.2 Å². The molecule has 0 saturated heterocycles. The highest BCUT2D eigenvalue weighted by molar-refractivity contribution is 5.99. The zero-order valence-corrected chi connectivity index (χ0v) is 11.2. The highest BCUT2D eigenvalue weighted by Gasteiger charge is 2.40. The van der Waals surface area contributed by atoms with Gasteiger partial charge >= 0.3 is 0 Å². The van der Waals surface area contributed by atoms with Gasteiger partial charge in [-0.15, -0.1) is 0 Å². The average molecular weight is 265 g/mol. The van der Waals surface area contributed by atoms with E-state index in [2.05, 4.69) is 15.6 Å². The molecule has 1 aromatic heterocycles. The van der Waals surface area contributed by atoms with Crippen LogP contribution in [0, 0.1) is 6.92 Å². The first-order valence-corrected chi connectivity index (χ1v) is 6.30. The molecule has 104 valence electrons. The van der Waals surface area contributed by atoms with Crippen molar-refractivity contribution in [3.63, 3.8) is 0 Å². The molecule has 0 bridgehead atoms.